The number of pyridine rings is 1. The van der Waals surface area contributed by atoms with E-state index in [4.69, 9.17) is 5.10 Å². The Bertz CT molecular complexity index is 1460. The van der Waals surface area contributed by atoms with Crippen LogP contribution in [0.2, 0.25) is 0 Å². The fourth-order valence-corrected chi connectivity index (χ4v) is 6.34. The molecule has 6 rings (SSSR count). The van der Waals surface area contributed by atoms with Gasteiger partial charge in [0.25, 0.3) is 0 Å². The second-order valence-electron chi connectivity index (χ2n) is 11.3. The summed E-state index contributed by atoms with van der Waals surface area (Å²) in [4.78, 5) is 10.7. The highest BCUT2D eigenvalue weighted by molar-refractivity contribution is 5.95. The van der Waals surface area contributed by atoms with Crippen LogP contribution in [0.3, 0.4) is 0 Å². The molecule has 0 unspecified atom stereocenters. The Morgan fingerprint density at radius 3 is 2.72 bits per heavy atom. The van der Waals surface area contributed by atoms with Crippen molar-refractivity contribution in [2.24, 2.45) is 5.92 Å². The predicted octanol–water partition coefficient (Wildman–Crippen LogP) is 7.22. The van der Waals surface area contributed by atoms with Crippen molar-refractivity contribution in [2.45, 2.75) is 58.4 Å². The SMILES string of the molecule is C=C/C=C(\c1cc(-c2n[nH]c3ccc(-c4cncc(CNCC5CCCC5)c4)cc23)[nH]c1C)N1CCCCC1. The molecule has 0 radical (unpaired) electrons. The van der Waals surface area contributed by atoms with Crippen molar-refractivity contribution in [1.82, 2.24) is 30.4 Å². The van der Waals surface area contributed by atoms with Crippen LogP contribution in [0, 0.1) is 12.8 Å². The quantitative estimate of drug-likeness (QED) is 0.204. The number of H-pyrrole nitrogens is 2. The highest BCUT2D eigenvalue weighted by Gasteiger charge is 2.20. The second kappa shape index (κ2) is 11.6. The summed E-state index contributed by atoms with van der Waals surface area (Å²) in [6.45, 7) is 10.3. The Kier molecular flexibility index (Phi) is 7.64. The number of benzene rings is 1. The van der Waals surface area contributed by atoms with Gasteiger partial charge >= 0.3 is 0 Å². The number of hydrogen-bond acceptors (Lipinski definition) is 4. The first-order valence-electron chi connectivity index (χ1n) is 14.6. The van der Waals surface area contributed by atoms with E-state index in [9.17, 15) is 0 Å². The number of hydrogen-bond donors (Lipinski definition) is 3. The van der Waals surface area contributed by atoms with E-state index in [1.165, 1.54) is 61.8 Å². The number of nitrogens with one attached hydrogen (secondary N) is 3. The lowest BCUT2D eigenvalue weighted by molar-refractivity contribution is 0.326. The molecule has 3 aromatic heterocycles. The number of fused-ring (bicyclic) bond motifs is 1. The van der Waals surface area contributed by atoms with Crippen molar-refractivity contribution in [3.63, 3.8) is 0 Å². The molecule has 39 heavy (non-hydrogen) atoms. The standard InChI is InChI=1S/C33H40N6/c1-3-9-32(39-14-7-4-8-15-39)28-18-31(36-23(28)2)33-29-17-26(12-13-30(29)37-38-33)27-16-25(21-35-22-27)20-34-19-24-10-5-6-11-24/h3,9,12-13,16-18,21-22,24,34,36H,1,4-8,10-11,14-15,19-20H2,2H3,(H,37,38)/b32-9+. The van der Waals surface area contributed by atoms with Gasteiger partial charge in [0.15, 0.2) is 0 Å². The molecular formula is C33H40N6. The van der Waals surface area contributed by atoms with Crippen molar-refractivity contribution in [1.29, 1.82) is 0 Å². The average Bonchev–Trinajstić information content (AvgIpc) is 3.72. The van der Waals surface area contributed by atoms with Gasteiger partial charge in [0.05, 0.1) is 11.2 Å². The monoisotopic (exact) mass is 520 g/mol. The third-order valence-electron chi connectivity index (χ3n) is 8.45. The van der Waals surface area contributed by atoms with E-state index in [2.05, 4.69) is 75.2 Å². The minimum Gasteiger partial charge on any atom is -0.371 e. The van der Waals surface area contributed by atoms with Crippen LogP contribution in [0.1, 0.15) is 61.8 Å². The minimum absolute atomic E-state index is 0.836. The predicted molar refractivity (Wildman–Crippen MR) is 161 cm³/mol. The Morgan fingerprint density at radius 2 is 1.90 bits per heavy atom. The lowest BCUT2D eigenvalue weighted by Crippen LogP contribution is -2.28. The number of aryl methyl sites for hydroxylation is 1. The first-order chi connectivity index (χ1) is 19.2. The normalized spacial score (nSPS) is 16.8. The fourth-order valence-electron chi connectivity index (χ4n) is 6.34. The van der Waals surface area contributed by atoms with Crippen molar-refractivity contribution in [3.05, 3.63) is 78.3 Å². The first kappa shape index (κ1) is 25.6. The van der Waals surface area contributed by atoms with Crippen LogP contribution in [-0.4, -0.2) is 44.7 Å². The first-order valence-corrected chi connectivity index (χ1v) is 14.6. The Hall–Kier alpha value is -3.64. The van der Waals surface area contributed by atoms with Gasteiger partial charge in [0.1, 0.15) is 5.69 Å². The molecule has 202 valence electrons. The van der Waals surface area contributed by atoms with E-state index in [1.54, 1.807) is 0 Å². The zero-order chi connectivity index (χ0) is 26.6. The summed E-state index contributed by atoms with van der Waals surface area (Å²) in [7, 11) is 0. The molecule has 1 aliphatic carbocycles. The van der Waals surface area contributed by atoms with Crippen molar-refractivity contribution >= 4 is 16.6 Å². The van der Waals surface area contributed by atoms with Crippen molar-refractivity contribution in [3.8, 4) is 22.5 Å². The zero-order valence-electron chi connectivity index (χ0n) is 23.1. The van der Waals surface area contributed by atoms with E-state index in [0.29, 0.717) is 0 Å². The van der Waals surface area contributed by atoms with Gasteiger partial charge in [-0.05, 0) is 93.0 Å². The van der Waals surface area contributed by atoms with E-state index in [1.807, 2.05) is 18.5 Å². The number of rotatable bonds is 9. The molecule has 0 atom stereocenters. The third kappa shape index (κ3) is 5.57. The van der Waals surface area contributed by atoms with Crippen LogP contribution in [0.5, 0.6) is 0 Å². The maximum atomic E-state index is 4.73. The summed E-state index contributed by atoms with van der Waals surface area (Å²) in [5.74, 6) is 0.836. The smallest absolute Gasteiger partial charge is 0.116 e. The van der Waals surface area contributed by atoms with Gasteiger partial charge in [-0.15, -0.1) is 0 Å². The number of aromatic nitrogens is 4. The molecule has 0 bridgehead atoms. The molecule has 4 heterocycles. The van der Waals surface area contributed by atoms with E-state index in [-0.39, 0.29) is 0 Å². The summed E-state index contributed by atoms with van der Waals surface area (Å²) >= 11 is 0. The van der Waals surface area contributed by atoms with E-state index < -0.39 is 0 Å². The molecule has 1 aliphatic heterocycles. The second-order valence-corrected chi connectivity index (χ2v) is 11.3. The molecular weight excluding hydrogens is 480 g/mol. The minimum atomic E-state index is 0.836. The molecule has 0 spiro atoms. The van der Waals surface area contributed by atoms with Gasteiger partial charge in [0.2, 0.25) is 0 Å². The van der Waals surface area contributed by atoms with Crippen LogP contribution < -0.4 is 5.32 Å². The van der Waals surface area contributed by atoms with Crippen molar-refractivity contribution < 1.29 is 0 Å². The lowest BCUT2D eigenvalue weighted by atomic mass is 10.0. The Labute approximate surface area is 231 Å². The summed E-state index contributed by atoms with van der Waals surface area (Å²) in [6, 6.07) is 11.0. The van der Waals surface area contributed by atoms with Gasteiger partial charge in [-0.1, -0.05) is 31.6 Å². The molecule has 4 aromatic rings. The maximum Gasteiger partial charge on any atom is 0.116 e. The van der Waals surface area contributed by atoms with Crippen LogP contribution in [0.15, 0.2) is 61.5 Å². The van der Waals surface area contributed by atoms with Crippen LogP contribution in [-0.2, 0) is 6.54 Å². The van der Waals surface area contributed by atoms with Crippen LogP contribution in [0.25, 0.3) is 39.1 Å². The molecule has 2 fully saturated rings. The number of allylic oxidation sites excluding steroid dienone is 2. The van der Waals surface area contributed by atoms with E-state index >= 15 is 0 Å². The third-order valence-corrected chi connectivity index (χ3v) is 8.45. The van der Waals surface area contributed by atoms with Crippen LogP contribution in [0.4, 0.5) is 0 Å². The topological polar surface area (TPSA) is 72.6 Å². The van der Waals surface area contributed by atoms with Crippen molar-refractivity contribution in [2.75, 3.05) is 19.6 Å². The number of likely N-dealkylation sites (tertiary alicyclic amines) is 1. The van der Waals surface area contributed by atoms with Crippen LogP contribution >= 0.6 is 0 Å². The molecule has 1 aromatic carbocycles. The van der Waals surface area contributed by atoms with Gasteiger partial charge in [-0.25, -0.2) is 0 Å². The highest BCUT2D eigenvalue weighted by Crippen LogP contribution is 2.34. The van der Waals surface area contributed by atoms with Gasteiger partial charge in [-0.2, -0.15) is 5.10 Å². The lowest BCUT2D eigenvalue weighted by Gasteiger charge is -2.31. The largest absolute Gasteiger partial charge is 0.371 e. The number of nitrogens with zero attached hydrogens (tertiary/aromatic N) is 3. The van der Waals surface area contributed by atoms with Gasteiger partial charge < -0.3 is 15.2 Å². The van der Waals surface area contributed by atoms with Gasteiger partial charge in [0, 0.05) is 59.9 Å². The van der Waals surface area contributed by atoms with E-state index in [0.717, 1.165) is 71.2 Å². The summed E-state index contributed by atoms with van der Waals surface area (Å²) in [5, 5.41) is 12.7. The zero-order valence-corrected chi connectivity index (χ0v) is 23.1. The molecule has 1 saturated carbocycles. The molecule has 1 saturated heterocycles. The average molecular weight is 521 g/mol. The maximum absolute atomic E-state index is 4.73. The Morgan fingerprint density at radius 1 is 1.05 bits per heavy atom. The molecule has 6 heteroatoms. The molecule has 3 N–H and O–H groups in total. The highest BCUT2D eigenvalue weighted by atomic mass is 15.1. The Balaban J connectivity index is 1.26. The summed E-state index contributed by atoms with van der Waals surface area (Å²) in [5.41, 5.74) is 10.1. The van der Waals surface area contributed by atoms with Gasteiger partial charge in [-0.3, -0.25) is 10.1 Å². The summed E-state index contributed by atoms with van der Waals surface area (Å²) < 4.78 is 0. The molecule has 2 aliphatic rings. The fraction of sp³-hybridized carbons (Fsp3) is 0.394. The molecule has 0 amide bonds. The molecule has 6 nitrogen and oxygen atoms in total. The summed E-state index contributed by atoms with van der Waals surface area (Å²) in [6.07, 6.45) is 17.3. The number of aromatic amines is 2. The number of piperidine rings is 1.